The maximum absolute atomic E-state index is 14.3. The third-order valence-electron chi connectivity index (χ3n) is 6.35. The zero-order chi connectivity index (χ0) is 22.7. The maximum atomic E-state index is 14.3. The summed E-state index contributed by atoms with van der Waals surface area (Å²) in [5, 5.41) is 14.0. The summed E-state index contributed by atoms with van der Waals surface area (Å²) < 4.78 is 22.6. The van der Waals surface area contributed by atoms with Gasteiger partial charge >= 0.3 is 0 Å². The summed E-state index contributed by atoms with van der Waals surface area (Å²) in [6, 6.07) is 6.56. The van der Waals surface area contributed by atoms with Crippen molar-refractivity contribution < 1.29 is 9.13 Å². The van der Waals surface area contributed by atoms with Crippen LogP contribution in [0.1, 0.15) is 42.7 Å². The van der Waals surface area contributed by atoms with Gasteiger partial charge in [0.1, 0.15) is 17.6 Å². The van der Waals surface area contributed by atoms with Crippen molar-refractivity contribution in [1.29, 1.82) is 0 Å². The topological polar surface area (TPSA) is 96.7 Å². The Morgan fingerprint density at radius 3 is 2.85 bits per heavy atom. The van der Waals surface area contributed by atoms with Crippen molar-refractivity contribution in [2.45, 2.75) is 38.8 Å². The molecule has 4 aromatic rings. The van der Waals surface area contributed by atoms with Gasteiger partial charge < -0.3 is 10.5 Å². The van der Waals surface area contributed by atoms with E-state index in [1.165, 1.54) is 25.0 Å². The molecule has 168 valence electrons. The Bertz CT molecular complexity index is 1370. The molecule has 2 aliphatic rings. The fourth-order valence-electron chi connectivity index (χ4n) is 4.55. The van der Waals surface area contributed by atoms with Gasteiger partial charge in [0.05, 0.1) is 17.6 Å². The van der Waals surface area contributed by atoms with Gasteiger partial charge in [-0.25, -0.2) is 9.37 Å². The van der Waals surface area contributed by atoms with Crippen molar-refractivity contribution >= 4 is 5.82 Å². The Morgan fingerprint density at radius 2 is 2.03 bits per heavy atom. The molecular formula is C24H24FN7O. The number of nitrogens with two attached hydrogens (primary N) is 1. The average molecular weight is 446 g/mol. The molecule has 1 aromatic carbocycles. The minimum atomic E-state index is -0.486. The van der Waals surface area contributed by atoms with E-state index in [1.54, 1.807) is 24.1 Å². The molecule has 0 radical (unpaired) electrons. The van der Waals surface area contributed by atoms with E-state index in [0.29, 0.717) is 29.3 Å². The molecule has 3 aromatic heterocycles. The van der Waals surface area contributed by atoms with Crippen LogP contribution in [-0.2, 0) is 20.0 Å². The zero-order valence-electron chi connectivity index (χ0n) is 18.5. The monoisotopic (exact) mass is 445 g/mol. The SMILES string of the molecule is C[C@H]1Oc2cc(cnc2N)-c2c(cnn2CC2CC2)Cc2nn(C)nc2-c2ccc(F)cc21. The maximum Gasteiger partial charge on any atom is 0.166 e. The van der Waals surface area contributed by atoms with Crippen molar-refractivity contribution in [3.8, 4) is 28.3 Å². The number of halogens is 1. The first-order valence-corrected chi connectivity index (χ1v) is 11.1. The van der Waals surface area contributed by atoms with Crippen molar-refractivity contribution in [2.24, 2.45) is 13.0 Å². The summed E-state index contributed by atoms with van der Waals surface area (Å²) in [5.41, 5.74) is 12.0. The molecule has 33 heavy (non-hydrogen) atoms. The predicted octanol–water partition coefficient (Wildman–Crippen LogP) is 3.92. The number of aromatic nitrogens is 6. The lowest BCUT2D eigenvalue weighted by molar-refractivity contribution is 0.227. The fourth-order valence-corrected chi connectivity index (χ4v) is 4.55. The van der Waals surface area contributed by atoms with Crippen molar-refractivity contribution in [2.75, 3.05) is 5.73 Å². The van der Waals surface area contributed by atoms with E-state index in [2.05, 4.69) is 19.9 Å². The summed E-state index contributed by atoms with van der Waals surface area (Å²) in [6.45, 7) is 2.73. The number of fused-ring (bicyclic) bond motifs is 7. The van der Waals surface area contributed by atoms with Crippen LogP contribution in [0.5, 0.6) is 5.75 Å². The van der Waals surface area contributed by atoms with Gasteiger partial charge in [-0.3, -0.25) is 4.68 Å². The molecule has 0 saturated heterocycles. The average Bonchev–Trinajstić information content (AvgIpc) is 3.41. The fraction of sp³-hybridized carbons (Fsp3) is 0.333. The molecule has 4 heterocycles. The van der Waals surface area contributed by atoms with E-state index in [1.807, 2.05) is 19.2 Å². The predicted molar refractivity (Wildman–Crippen MR) is 121 cm³/mol. The minimum Gasteiger partial charge on any atom is -0.482 e. The summed E-state index contributed by atoms with van der Waals surface area (Å²) >= 11 is 0. The molecule has 0 amide bonds. The molecule has 0 unspecified atom stereocenters. The van der Waals surface area contributed by atoms with E-state index in [-0.39, 0.29) is 11.6 Å². The highest BCUT2D eigenvalue weighted by molar-refractivity contribution is 5.71. The number of ether oxygens (including phenoxy) is 1. The van der Waals surface area contributed by atoms with Gasteiger partial charge in [-0.05, 0) is 49.9 Å². The highest BCUT2D eigenvalue weighted by Crippen LogP contribution is 2.39. The summed E-state index contributed by atoms with van der Waals surface area (Å²) in [4.78, 5) is 5.96. The van der Waals surface area contributed by atoms with Crippen molar-refractivity contribution in [3.05, 3.63) is 59.3 Å². The molecule has 1 aliphatic carbocycles. The number of pyridine rings is 1. The number of rotatable bonds is 2. The van der Waals surface area contributed by atoms with Crippen LogP contribution in [0.2, 0.25) is 0 Å². The Hall–Kier alpha value is -3.75. The second-order valence-electron chi connectivity index (χ2n) is 8.90. The molecule has 2 N–H and O–H groups in total. The van der Waals surface area contributed by atoms with E-state index < -0.39 is 6.10 Å². The highest BCUT2D eigenvalue weighted by atomic mass is 19.1. The first-order valence-electron chi connectivity index (χ1n) is 11.1. The van der Waals surface area contributed by atoms with Crippen LogP contribution in [0.25, 0.3) is 22.5 Å². The molecule has 1 saturated carbocycles. The van der Waals surface area contributed by atoms with Gasteiger partial charge in [-0.2, -0.15) is 20.1 Å². The molecule has 2 bridgehead atoms. The third-order valence-corrected chi connectivity index (χ3v) is 6.35. The van der Waals surface area contributed by atoms with Crippen LogP contribution in [-0.4, -0.2) is 29.8 Å². The molecule has 8 nitrogen and oxygen atoms in total. The lowest BCUT2D eigenvalue weighted by atomic mass is 9.96. The summed E-state index contributed by atoms with van der Waals surface area (Å²) in [5.74, 6) is 1.06. The Labute approximate surface area is 190 Å². The third kappa shape index (κ3) is 3.53. The molecule has 0 spiro atoms. The Balaban J connectivity index is 1.60. The van der Waals surface area contributed by atoms with E-state index in [4.69, 9.17) is 15.6 Å². The first kappa shape index (κ1) is 19.9. The highest BCUT2D eigenvalue weighted by Gasteiger charge is 2.27. The van der Waals surface area contributed by atoms with Gasteiger partial charge in [0.25, 0.3) is 0 Å². The van der Waals surface area contributed by atoms with Crippen molar-refractivity contribution in [1.82, 2.24) is 29.8 Å². The molecule has 1 fully saturated rings. The quantitative estimate of drug-likeness (QED) is 0.502. The molecule has 6 rings (SSSR count). The standard InChI is InChI=1S/C24H24FN7O/c1-13-19-9-17(25)5-6-18(19)22-20(29-31(2)30-22)7-15-11-28-32(12-14-3-4-14)23(15)16-8-21(33-13)24(26)27-10-16/h5-6,8-11,13-14H,3-4,7,12H2,1-2H3,(H2,26,27)/t13-/m1/s1. The van der Waals surface area contributed by atoms with Crippen LogP contribution >= 0.6 is 0 Å². The number of nitrogens with zero attached hydrogens (tertiary/aromatic N) is 6. The first-order chi connectivity index (χ1) is 16.0. The van der Waals surface area contributed by atoms with E-state index >= 15 is 0 Å². The summed E-state index contributed by atoms with van der Waals surface area (Å²) in [6.07, 6.45) is 6.15. The zero-order valence-corrected chi connectivity index (χ0v) is 18.5. The van der Waals surface area contributed by atoms with Crippen molar-refractivity contribution in [3.63, 3.8) is 0 Å². The van der Waals surface area contributed by atoms with E-state index in [9.17, 15) is 4.39 Å². The number of nitrogen functional groups attached to an aromatic ring is 1. The number of hydrogen-bond acceptors (Lipinski definition) is 6. The van der Waals surface area contributed by atoms with Gasteiger partial charge in [0.2, 0.25) is 0 Å². The number of aryl methyl sites for hydroxylation is 1. The second-order valence-corrected chi connectivity index (χ2v) is 8.90. The second kappa shape index (κ2) is 7.40. The largest absolute Gasteiger partial charge is 0.482 e. The Kier molecular flexibility index (Phi) is 4.46. The molecule has 1 atom stereocenters. The molecule has 9 heteroatoms. The number of anilines is 1. The van der Waals surface area contributed by atoms with E-state index in [0.717, 1.165) is 34.6 Å². The lowest BCUT2D eigenvalue weighted by Gasteiger charge is -2.20. The van der Waals surface area contributed by atoms with Crippen LogP contribution in [0.3, 0.4) is 0 Å². The lowest BCUT2D eigenvalue weighted by Crippen LogP contribution is -2.10. The van der Waals surface area contributed by atoms with Gasteiger partial charge in [-0.15, -0.1) is 0 Å². The van der Waals surface area contributed by atoms with Crippen LogP contribution in [0.4, 0.5) is 10.2 Å². The van der Waals surface area contributed by atoms with Gasteiger partial charge in [0, 0.05) is 48.5 Å². The summed E-state index contributed by atoms with van der Waals surface area (Å²) in [7, 11) is 1.79. The number of hydrogen-bond donors (Lipinski definition) is 1. The van der Waals surface area contributed by atoms with Crippen LogP contribution in [0.15, 0.2) is 36.7 Å². The Morgan fingerprint density at radius 1 is 1.18 bits per heavy atom. The van der Waals surface area contributed by atoms with Gasteiger partial charge in [-0.1, -0.05) is 0 Å². The molecular weight excluding hydrogens is 421 g/mol. The number of benzene rings is 1. The van der Waals surface area contributed by atoms with Crippen LogP contribution < -0.4 is 10.5 Å². The van der Waals surface area contributed by atoms with Gasteiger partial charge in [0.15, 0.2) is 11.6 Å². The smallest absolute Gasteiger partial charge is 0.166 e. The van der Waals surface area contributed by atoms with Crippen LogP contribution in [0, 0.1) is 11.7 Å². The minimum absolute atomic E-state index is 0.288. The normalized spacial score (nSPS) is 17.2. The molecule has 1 aliphatic heterocycles.